The summed E-state index contributed by atoms with van der Waals surface area (Å²) < 4.78 is 5.25. The molecule has 18 heavy (non-hydrogen) atoms. The number of ether oxygens (including phenoxy) is 1. The van der Waals surface area contributed by atoms with E-state index in [1.807, 2.05) is 26.8 Å². The van der Waals surface area contributed by atoms with Crippen LogP contribution in [0.5, 0.6) is 0 Å². The molecule has 1 aromatic heterocycles. The van der Waals surface area contributed by atoms with Crippen LogP contribution in [0.1, 0.15) is 31.9 Å². The number of hydrogen-bond donors (Lipinski definition) is 1. The van der Waals surface area contributed by atoms with Crippen LogP contribution in [0, 0.1) is 0 Å². The highest BCUT2D eigenvalue weighted by Crippen LogP contribution is 2.11. The third-order valence-electron chi connectivity index (χ3n) is 2.16. The predicted molar refractivity (Wildman–Crippen MR) is 67.9 cm³/mol. The van der Waals surface area contributed by atoms with Crippen LogP contribution in [0.15, 0.2) is 18.5 Å². The molecule has 5 nitrogen and oxygen atoms in total. The van der Waals surface area contributed by atoms with Crippen molar-refractivity contribution in [2.75, 3.05) is 7.05 Å². The van der Waals surface area contributed by atoms with E-state index in [2.05, 4.69) is 4.98 Å². The smallest absolute Gasteiger partial charge is 0.410 e. The summed E-state index contributed by atoms with van der Waals surface area (Å²) in [5, 5.41) is 9.01. The average molecular weight is 252 g/mol. The summed E-state index contributed by atoms with van der Waals surface area (Å²) in [6.45, 7) is 5.82. The van der Waals surface area contributed by atoms with Crippen LogP contribution < -0.4 is 0 Å². The van der Waals surface area contributed by atoms with Crippen LogP contribution in [0.25, 0.3) is 0 Å². The second-order valence-corrected chi connectivity index (χ2v) is 5.20. The first-order valence-electron chi connectivity index (χ1n) is 5.79. The summed E-state index contributed by atoms with van der Waals surface area (Å²) in [5.74, 6) is 0. The minimum absolute atomic E-state index is 0.0585. The maximum absolute atomic E-state index is 11.8. The molecule has 0 saturated heterocycles. The van der Waals surface area contributed by atoms with E-state index in [0.717, 1.165) is 11.1 Å². The highest BCUT2D eigenvalue weighted by atomic mass is 16.6. The highest BCUT2D eigenvalue weighted by molar-refractivity contribution is 5.67. The molecule has 0 aromatic carbocycles. The first-order valence-corrected chi connectivity index (χ1v) is 5.79. The second-order valence-electron chi connectivity index (χ2n) is 5.20. The van der Waals surface area contributed by atoms with Gasteiger partial charge in [-0.05, 0) is 38.0 Å². The van der Waals surface area contributed by atoms with Crippen LogP contribution in [0.4, 0.5) is 4.79 Å². The number of nitrogens with zero attached hydrogens (tertiary/aromatic N) is 2. The number of amides is 1. The fraction of sp³-hybridized carbons (Fsp3) is 0.538. The Labute approximate surface area is 107 Å². The van der Waals surface area contributed by atoms with Crippen molar-refractivity contribution in [3.8, 4) is 0 Å². The van der Waals surface area contributed by atoms with Gasteiger partial charge in [-0.25, -0.2) is 4.79 Å². The molecule has 1 rings (SSSR count). The van der Waals surface area contributed by atoms with E-state index in [0.29, 0.717) is 6.54 Å². The van der Waals surface area contributed by atoms with E-state index in [9.17, 15) is 4.79 Å². The molecule has 1 N–H and O–H groups in total. The molecule has 0 spiro atoms. The minimum atomic E-state index is -0.503. The Bertz CT molecular complexity index is 413. The Hall–Kier alpha value is -1.62. The second kappa shape index (κ2) is 5.82. The molecule has 0 atom stereocenters. The third kappa shape index (κ3) is 4.71. The molecule has 0 radical (unpaired) electrons. The number of rotatable bonds is 3. The molecule has 1 heterocycles. The van der Waals surface area contributed by atoms with Crippen molar-refractivity contribution < 1.29 is 14.6 Å². The van der Waals surface area contributed by atoms with Gasteiger partial charge in [0.25, 0.3) is 0 Å². The molecule has 100 valence electrons. The van der Waals surface area contributed by atoms with E-state index >= 15 is 0 Å². The lowest BCUT2D eigenvalue weighted by Gasteiger charge is -2.24. The first-order chi connectivity index (χ1) is 8.31. The molecular formula is C13H20N2O3. The fourth-order valence-electron chi connectivity index (χ4n) is 1.39. The molecular weight excluding hydrogens is 232 g/mol. The van der Waals surface area contributed by atoms with Gasteiger partial charge in [-0.15, -0.1) is 0 Å². The molecule has 0 aliphatic rings. The molecule has 0 fully saturated rings. The molecule has 1 aromatic rings. The van der Waals surface area contributed by atoms with Crippen molar-refractivity contribution in [3.63, 3.8) is 0 Å². The number of carbonyl (C=O) groups is 1. The van der Waals surface area contributed by atoms with E-state index in [1.54, 1.807) is 19.4 Å². The van der Waals surface area contributed by atoms with Gasteiger partial charge in [0.05, 0.1) is 13.2 Å². The Kier molecular flexibility index (Phi) is 4.67. The zero-order chi connectivity index (χ0) is 13.8. The van der Waals surface area contributed by atoms with Gasteiger partial charge >= 0.3 is 6.09 Å². The summed E-state index contributed by atoms with van der Waals surface area (Å²) >= 11 is 0. The van der Waals surface area contributed by atoms with Crippen molar-refractivity contribution in [1.29, 1.82) is 0 Å². The molecule has 0 saturated carbocycles. The molecule has 0 aliphatic heterocycles. The molecule has 0 bridgehead atoms. The normalized spacial score (nSPS) is 11.2. The average Bonchev–Trinajstić information content (AvgIpc) is 2.27. The fourth-order valence-corrected chi connectivity index (χ4v) is 1.39. The number of aliphatic hydroxyl groups excluding tert-OH is 1. The van der Waals surface area contributed by atoms with Crippen LogP contribution in [0.2, 0.25) is 0 Å². The number of aliphatic hydroxyl groups is 1. The zero-order valence-electron chi connectivity index (χ0n) is 11.3. The first kappa shape index (κ1) is 14.4. The van der Waals surface area contributed by atoms with Gasteiger partial charge in [-0.2, -0.15) is 0 Å². The van der Waals surface area contributed by atoms with Crippen LogP contribution in [-0.2, 0) is 17.9 Å². The van der Waals surface area contributed by atoms with Crippen molar-refractivity contribution in [2.24, 2.45) is 0 Å². The predicted octanol–water partition coefficient (Wildman–Crippen LogP) is 1.94. The van der Waals surface area contributed by atoms with Crippen LogP contribution >= 0.6 is 0 Å². The summed E-state index contributed by atoms with van der Waals surface area (Å²) in [4.78, 5) is 17.2. The lowest BCUT2D eigenvalue weighted by Crippen LogP contribution is -2.33. The van der Waals surface area contributed by atoms with Crippen molar-refractivity contribution >= 4 is 6.09 Å². The van der Waals surface area contributed by atoms with Crippen LogP contribution in [-0.4, -0.2) is 33.7 Å². The Balaban J connectivity index is 2.63. The SMILES string of the molecule is CN(Cc1cncc(CO)c1)C(=O)OC(C)(C)C. The van der Waals surface area contributed by atoms with E-state index < -0.39 is 5.60 Å². The van der Waals surface area contributed by atoms with Gasteiger partial charge in [-0.3, -0.25) is 4.98 Å². The molecule has 0 aliphatic carbocycles. The standard InChI is InChI=1S/C13H20N2O3/c1-13(2,3)18-12(17)15(4)8-10-5-11(9-16)7-14-6-10/h5-7,16H,8-9H2,1-4H3. The van der Waals surface area contributed by atoms with Gasteiger partial charge in [0.1, 0.15) is 5.60 Å². The molecule has 0 unspecified atom stereocenters. The highest BCUT2D eigenvalue weighted by Gasteiger charge is 2.19. The Morgan fingerprint density at radius 1 is 1.39 bits per heavy atom. The monoisotopic (exact) mass is 252 g/mol. The van der Waals surface area contributed by atoms with Crippen molar-refractivity contribution in [3.05, 3.63) is 29.6 Å². The van der Waals surface area contributed by atoms with Gasteiger partial charge in [0, 0.05) is 19.4 Å². The Morgan fingerprint density at radius 2 is 2.00 bits per heavy atom. The van der Waals surface area contributed by atoms with Crippen LogP contribution in [0.3, 0.4) is 0 Å². The number of carbonyl (C=O) groups excluding carboxylic acids is 1. The summed E-state index contributed by atoms with van der Waals surface area (Å²) in [6, 6.07) is 1.81. The van der Waals surface area contributed by atoms with Crippen molar-refractivity contribution in [1.82, 2.24) is 9.88 Å². The summed E-state index contributed by atoms with van der Waals surface area (Å²) in [6.07, 6.45) is 2.88. The number of hydrogen-bond acceptors (Lipinski definition) is 4. The third-order valence-corrected chi connectivity index (χ3v) is 2.16. The lowest BCUT2D eigenvalue weighted by atomic mass is 10.2. The van der Waals surface area contributed by atoms with Gasteiger partial charge in [0.2, 0.25) is 0 Å². The van der Waals surface area contributed by atoms with E-state index in [1.165, 1.54) is 4.90 Å². The molecule has 5 heteroatoms. The summed E-state index contributed by atoms with van der Waals surface area (Å²) in [7, 11) is 1.67. The minimum Gasteiger partial charge on any atom is -0.444 e. The zero-order valence-corrected chi connectivity index (χ0v) is 11.3. The van der Waals surface area contributed by atoms with E-state index in [-0.39, 0.29) is 12.7 Å². The lowest BCUT2D eigenvalue weighted by molar-refractivity contribution is 0.0285. The quantitative estimate of drug-likeness (QED) is 0.893. The summed E-state index contributed by atoms with van der Waals surface area (Å²) in [5.41, 5.74) is 1.08. The maximum Gasteiger partial charge on any atom is 0.410 e. The van der Waals surface area contributed by atoms with E-state index in [4.69, 9.17) is 9.84 Å². The number of aromatic nitrogens is 1. The molecule has 1 amide bonds. The Morgan fingerprint density at radius 3 is 2.56 bits per heavy atom. The van der Waals surface area contributed by atoms with Gasteiger partial charge < -0.3 is 14.7 Å². The van der Waals surface area contributed by atoms with Gasteiger partial charge in [-0.1, -0.05) is 0 Å². The maximum atomic E-state index is 11.8. The van der Waals surface area contributed by atoms with Gasteiger partial charge in [0.15, 0.2) is 0 Å². The topological polar surface area (TPSA) is 62.7 Å². The van der Waals surface area contributed by atoms with Crippen molar-refractivity contribution in [2.45, 2.75) is 39.5 Å². The largest absolute Gasteiger partial charge is 0.444 e. The number of pyridine rings is 1.